The van der Waals surface area contributed by atoms with Gasteiger partial charge in [-0.25, -0.2) is 0 Å². The van der Waals surface area contributed by atoms with Gasteiger partial charge in [-0.3, -0.25) is 10.1 Å². The van der Waals surface area contributed by atoms with E-state index in [9.17, 15) is 10.1 Å². The van der Waals surface area contributed by atoms with E-state index in [2.05, 4.69) is 30.4 Å². The van der Waals surface area contributed by atoms with Crippen LogP contribution in [-0.2, 0) is 0 Å². The van der Waals surface area contributed by atoms with Crippen molar-refractivity contribution in [2.75, 3.05) is 41.7 Å². The Morgan fingerprint density at radius 1 is 1.00 bits per heavy atom. The molecule has 0 atom stereocenters. The van der Waals surface area contributed by atoms with Crippen molar-refractivity contribution in [3.05, 3.63) is 27.8 Å². The van der Waals surface area contributed by atoms with Crippen LogP contribution in [0.4, 0.5) is 23.0 Å². The maximum atomic E-state index is 11.9. The second-order valence-corrected chi connectivity index (χ2v) is 7.42. The molecule has 0 aliphatic carbocycles. The summed E-state index contributed by atoms with van der Waals surface area (Å²) in [5, 5.41) is 26.8. The van der Waals surface area contributed by atoms with Gasteiger partial charge in [0.1, 0.15) is 5.69 Å². The van der Waals surface area contributed by atoms with Crippen LogP contribution in [0.15, 0.2) is 17.2 Å². The van der Waals surface area contributed by atoms with Crippen molar-refractivity contribution in [3.63, 3.8) is 0 Å². The summed E-state index contributed by atoms with van der Waals surface area (Å²) >= 11 is 0. The Kier molecular flexibility index (Phi) is 5.54. The van der Waals surface area contributed by atoms with Crippen LogP contribution in [0.2, 0.25) is 0 Å². The molecule has 2 fully saturated rings. The predicted molar refractivity (Wildman–Crippen MR) is 110 cm³/mol. The molecule has 2 aliphatic heterocycles. The zero-order valence-corrected chi connectivity index (χ0v) is 16.3. The smallest absolute Gasteiger partial charge is 0.293 e. The van der Waals surface area contributed by atoms with Crippen molar-refractivity contribution in [1.29, 1.82) is 0 Å². The first kappa shape index (κ1) is 19.1. The molecule has 2 N–H and O–H groups in total. The fourth-order valence-corrected chi connectivity index (χ4v) is 4.02. The molecular weight excluding hydrogens is 374 g/mol. The predicted octanol–water partition coefficient (Wildman–Crippen LogP) is 2.03. The van der Waals surface area contributed by atoms with Gasteiger partial charge in [-0.15, -0.1) is 0 Å². The molecule has 1 aromatic carbocycles. The molecule has 0 unspecified atom stereocenters. The summed E-state index contributed by atoms with van der Waals surface area (Å²) in [5.41, 5.74) is 8.07. The first-order chi connectivity index (χ1) is 14.1. The SMILES string of the molecule is Nc1nnnn1N=Cc1cc([N+](=O)[O-])c(N2CCCCC2)cc1N1CCCCC1. The number of hydrogen-bond donors (Lipinski definition) is 1. The third kappa shape index (κ3) is 4.13. The molecule has 2 saturated heterocycles. The minimum atomic E-state index is -0.313. The molecular formula is C18H25N9O2. The van der Waals surface area contributed by atoms with Crippen LogP contribution in [0.5, 0.6) is 0 Å². The Morgan fingerprint density at radius 3 is 2.17 bits per heavy atom. The molecule has 1 aromatic heterocycles. The lowest BCUT2D eigenvalue weighted by Crippen LogP contribution is -2.32. The minimum Gasteiger partial charge on any atom is -0.371 e. The number of nitrogen functional groups attached to an aromatic ring is 1. The number of anilines is 3. The number of aromatic nitrogens is 4. The Hall–Kier alpha value is -3.24. The van der Waals surface area contributed by atoms with E-state index in [0.29, 0.717) is 11.3 Å². The van der Waals surface area contributed by atoms with Crippen molar-refractivity contribution in [2.24, 2.45) is 5.10 Å². The molecule has 0 bridgehead atoms. The molecule has 3 heterocycles. The highest BCUT2D eigenvalue weighted by Crippen LogP contribution is 2.37. The Bertz CT molecular complexity index is 899. The lowest BCUT2D eigenvalue weighted by Gasteiger charge is -2.33. The Balaban J connectivity index is 1.78. The zero-order valence-electron chi connectivity index (χ0n) is 16.3. The van der Waals surface area contributed by atoms with Crippen molar-refractivity contribution >= 4 is 29.2 Å². The second kappa shape index (κ2) is 8.41. The first-order valence-electron chi connectivity index (χ1n) is 10.0. The quantitative estimate of drug-likeness (QED) is 0.459. The molecule has 2 aromatic rings. The number of tetrazole rings is 1. The van der Waals surface area contributed by atoms with Crippen molar-refractivity contribution in [1.82, 2.24) is 20.3 Å². The molecule has 154 valence electrons. The average Bonchev–Trinajstić information content (AvgIpc) is 3.17. The van der Waals surface area contributed by atoms with Gasteiger partial charge in [0, 0.05) is 43.5 Å². The van der Waals surface area contributed by atoms with E-state index in [1.165, 1.54) is 12.8 Å². The standard InChI is InChI=1S/C18H25N9O2/c19-18-21-22-23-26(18)20-13-14-11-17(27(28)29)16(25-9-5-2-6-10-25)12-15(14)24-7-3-1-4-8-24/h11-13H,1-10H2,(H2,19,21,23). The molecule has 2 aliphatic rings. The molecule has 0 amide bonds. The summed E-state index contributed by atoms with van der Waals surface area (Å²) in [6.07, 6.45) is 8.23. The minimum absolute atomic E-state index is 0.0557. The van der Waals surface area contributed by atoms with Gasteiger partial charge in [0.2, 0.25) is 0 Å². The van der Waals surface area contributed by atoms with Crippen LogP contribution in [0.1, 0.15) is 44.1 Å². The maximum absolute atomic E-state index is 11.9. The number of hydrogen-bond acceptors (Lipinski definition) is 9. The van der Waals surface area contributed by atoms with Crippen LogP contribution >= 0.6 is 0 Å². The molecule has 11 heteroatoms. The summed E-state index contributed by atoms with van der Waals surface area (Å²) in [7, 11) is 0. The summed E-state index contributed by atoms with van der Waals surface area (Å²) in [6, 6.07) is 3.57. The van der Waals surface area contributed by atoms with E-state index in [0.717, 1.165) is 62.3 Å². The zero-order chi connectivity index (χ0) is 20.2. The molecule has 0 spiro atoms. The lowest BCUT2D eigenvalue weighted by atomic mass is 10.0. The van der Waals surface area contributed by atoms with Gasteiger partial charge in [0.05, 0.1) is 11.1 Å². The van der Waals surface area contributed by atoms with Gasteiger partial charge < -0.3 is 15.5 Å². The van der Waals surface area contributed by atoms with Gasteiger partial charge >= 0.3 is 0 Å². The van der Waals surface area contributed by atoms with Gasteiger partial charge in [-0.1, -0.05) is 9.89 Å². The second-order valence-electron chi connectivity index (χ2n) is 7.42. The van der Waals surface area contributed by atoms with E-state index in [1.54, 1.807) is 12.3 Å². The van der Waals surface area contributed by atoms with Crippen molar-refractivity contribution < 1.29 is 4.92 Å². The van der Waals surface area contributed by atoms with Crippen LogP contribution in [0.25, 0.3) is 0 Å². The van der Waals surface area contributed by atoms with Crippen LogP contribution in [0.3, 0.4) is 0 Å². The molecule has 29 heavy (non-hydrogen) atoms. The van der Waals surface area contributed by atoms with Gasteiger partial charge in [0.15, 0.2) is 0 Å². The Morgan fingerprint density at radius 2 is 1.62 bits per heavy atom. The lowest BCUT2D eigenvalue weighted by molar-refractivity contribution is -0.384. The fourth-order valence-electron chi connectivity index (χ4n) is 4.02. The Labute approximate surface area is 168 Å². The van der Waals surface area contributed by atoms with E-state index < -0.39 is 0 Å². The molecule has 0 saturated carbocycles. The summed E-state index contributed by atoms with van der Waals surface area (Å²) in [4.78, 5) is 17.1. The highest BCUT2D eigenvalue weighted by Gasteiger charge is 2.26. The third-order valence-electron chi connectivity index (χ3n) is 5.50. The summed E-state index contributed by atoms with van der Waals surface area (Å²) < 4.78 is 0. The number of nitrogens with two attached hydrogens (primary N) is 1. The summed E-state index contributed by atoms with van der Waals surface area (Å²) in [6.45, 7) is 3.53. The van der Waals surface area contributed by atoms with Crippen molar-refractivity contribution in [2.45, 2.75) is 38.5 Å². The number of benzene rings is 1. The number of nitro benzene ring substituents is 1. The van der Waals surface area contributed by atoms with E-state index >= 15 is 0 Å². The molecule has 4 rings (SSSR count). The highest BCUT2D eigenvalue weighted by atomic mass is 16.6. The monoisotopic (exact) mass is 399 g/mol. The number of nitrogens with zero attached hydrogens (tertiary/aromatic N) is 8. The van der Waals surface area contributed by atoms with Gasteiger partial charge in [-0.05, 0) is 55.0 Å². The largest absolute Gasteiger partial charge is 0.371 e. The van der Waals surface area contributed by atoms with Gasteiger partial charge in [0.25, 0.3) is 11.6 Å². The average molecular weight is 399 g/mol. The van der Waals surface area contributed by atoms with E-state index in [4.69, 9.17) is 5.73 Å². The topological polar surface area (TPSA) is 132 Å². The van der Waals surface area contributed by atoms with E-state index in [1.807, 2.05) is 6.07 Å². The van der Waals surface area contributed by atoms with Crippen LogP contribution < -0.4 is 15.5 Å². The maximum Gasteiger partial charge on any atom is 0.293 e. The summed E-state index contributed by atoms with van der Waals surface area (Å²) in [5.74, 6) is 0.0557. The van der Waals surface area contributed by atoms with Crippen molar-refractivity contribution in [3.8, 4) is 0 Å². The van der Waals surface area contributed by atoms with Gasteiger partial charge in [-0.2, -0.15) is 5.10 Å². The number of piperidine rings is 2. The van der Waals surface area contributed by atoms with E-state index in [-0.39, 0.29) is 16.6 Å². The molecule has 11 nitrogen and oxygen atoms in total. The number of nitro groups is 1. The normalized spacial score (nSPS) is 17.8. The van der Waals surface area contributed by atoms with Crippen LogP contribution in [0, 0.1) is 10.1 Å². The number of rotatable bonds is 5. The molecule has 0 radical (unpaired) electrons. The third-order valence-corrected chi connectivity index (χ3v) is 5.50. The first-order valence-corrected chi connectivity index (χ1v) is 10.0. The fraction of sp³-hybridized carbons (Fsp3) is 0.556. The van der Waals surface area contributed by atoms with Crippen LogP contribution in [-0.4, -0.2) is 57.6 Å². The highest BCUT2D eigenvalue weighted by molar-refractivity contribution is 5.92.